The van der Waals surface area contributed by atoms with Crippen molar-refractivity contribution in [1.82, 2.24) is 4.40 Å². The van der Waals surface area contributed by atoms with Gasteiger partial charge in [-0.05, 0) is 114 Å². The van der Waals surface area contributed by atoms with E-state index in [2.05, 4.69) is 174 Å². The lowest BCUT2D eigenvalue weighted by Gasteiger charge is -2.21. The smallest absolute Gasteiger partial charge is 0.0620 e. The Morgan fingerprint density at radius 3 is 1.79 bits per heavy atom. The molecule has 0 amide bonds. The van der Waals surface area contributed by atoms with Crippen LogP contribution in [-0.2, 0) is 6.42 Å². The maximum absolute atomic E-state index is 2.50. The van der Waals surface area contributed by atoms with Crippen molar-refractivity contribution in [2.45, 2.75) is 18.8 Å². The molecule has 1 nitrogen and oxygen atoms in total. The van der Waals surface area contributed by atoms with Gasteiger partial charge in [0.15, 0.2) is 0 Å². The maximum Gasteiger partial charge on any atom is 0.0620 e. The highest BCUT2D eigenvalue weighted by molar-refractivity contribution is 6.26. The highest BCUT2D eigenvalue weighted by Crippen LogP contribution is 2.46. The first-order chi connectivity index (χ1) is 25.8. The average Bonchev–Trinajstić information content (AvgIpc) is 3.67. The summed E-state index contributed by atoms with van der Waals surface area (Å²) in [5.41, 5.74) is 13.4. The van der Waals surface area contributed by atoms with E-state index < -0.39 is 0 Å². The van der Waals surface area contributed by atoms with E-state index in [0.29, 0.717) is 5.92 Å². The molecule has 1 unspecified atom stereocenters. The Labute approximate surface area is 301 Å². The molecule has 12 rings (SSSR count). The van der Waals surface area contributed by atoms with Crippen LogP contribution in [0, 0.1) is 0 Å². The Morgan fingerprint density at radius 1 is 0.385 bits per heavy atom. The summed E-state index contributed by atoms with van der Waals surface area (Å²) in [4.78, 5) is 0. The molecule has 11 aromatic rings. The minimum Gasteiger partial charge on any atom is -0.308 e. The number of rotatable bonds is 2. The van der Waals surface area contributed by atoms with E-state index in [4.69, 9.17) is 0 Å². The third-order valence-corrected chi connectivity index (χ3v) is 12.2. The normalized spacial score (nSPS) is 14.6. The molecule has 2 aromatic heterocycles. The summed E-state index contributed by atoms with van der Waals surface area (Å²) in [6.45, 7) is 0. The van der Waals surface area contributed by atoms with Crippen molar-refractivity contribution in [3.8, 4) is 22.3 Å². The molecule has 0 saturated carbocycles. The molecule has 0 fully saturated rings. The second-order valence-electron chi connectivity index (χ2n) is 14.7. The predicted molar refractivity (Wildman–Crippen MR) is 221 cm³/mol. The Balaban J connectivity index is 1.05. The summed E-state index contributed by atoms with van der Waals surface area (Å²) >= 11 is 0. The van der Waals surface area contributed by atoms with Crippen LogP contribution >= 0.6 is 0 Å². The van der Waals surface area contributed by atoms with E-state index in [0.717, 1.165) is 12.8 Å². The minimum atomic E-state index is 0.294. The number of aromatic nitrogens is 1. The van der Waals surface area contributed by atoms with Gasteiger partial charge in [0, 0.05) is 27.5 Å². The highest BCUT2D eigenvalue weighted by Gasteiger charge is 2.25. The van der Waals surface area contributed by atoms with Gasteiger partial charge >= 0.3 is 0 Å². The summed E-state index contributed by atoms with van der Waals surface area (Å²) in [7, 11) is 0. The number of nitrogens with zero attached hydrogens (tertiary/aromatic N) is 1. The van der Waals surface area contributed by atoms with Gasteiger partial charge in [-0.1, -0.05) is 140 Å². The van der Waals surface area contributed by atoms with E-state index in [1.165, 1.54) is 109 Å². The van der Waals surface area contributed by atoms with Crippen molar-refractivity contribution < 1.29 is 0 Å². The standard InChI is InChI=1S/C51H33N/c1-2-11-35-31(10-1)20-24-36(34-22-26-42-39-14-4-3-12-37(39)38-13-5-6-15-40(38)47(42)30-34)41-25-21-32(28-46(35)41)33-23-27-50-48(29-33)45-18-9-17-44-43-16-7-8-19-49(43)52(50)51(44)45/h1-19,21-23,25-30,36H,20,24H2. The van der Waals surface area contributed by atoms with E-state index in [9.17, 15) is 0 Å². The Hall–Kier alpha value is -6.44. The number of aryl methyl sites for hydroxylation is 1. The molecule has 1 aliphatic rings. The molecule has 0 spiro atoms. The largest absolute Gasteiger partial charge is 0.308 e. The lowest BCUT2D eigenvalue weighted by molar-refractivity contribution is 0.727. The molecular weight excluding hydrogens is 627 g/mol. The molecule has 242 valence electrons. The molecule has 52 heavy (non-hydrogen) atoms. The topological polar surface area (TPSA) is 4.41 Å². The number of hydrogen-bond donors (Lipinski definition) is 0. The average molecular weight is 660 g/mol. The van der Waals surface area contributed by atoms with E-state index in [1.807, 2.05) is 0 Å². The van der Waals surface area contributed by atoms with Gasteiger partial charge in [-0.2, -0.15) is 0 Å². The zero-order valence-corrected chi connectivity index (χ0v) is 28.6. The third kappa shape index (κ3) is 3.83. The van der Waals surface area contributed by atoms with Gasteiger partial charge in [-0.25, -0.2) is 0 Å². The number of benzene rings is 9. The van der Waals surface area contributed by atoms with Crippen molar-refractivity contribution in [1.29, 1.82) is 0 Å². The Bertz CT molecular complexity index is 3220. The zero-order chi connectivity index (χ0) is 33.9. The predicted octanol–water partition coefficient (Wildman–Crippen LogP) is 13.7. The number of fused-ring (bicyclic) bond motifs is 15. The van der Waals surface area contributed by atoms with Crippen LogP contribution in [0.1, 0.15) is 29.0 Å². The molecule has 1 heteroatoms. The zero-order valence-electron chi connectivity index (χ0n) is 28.6. The van der Waals surface area contributed by atoms with Crippen molar-refractivity contribution in [3.05, 3.63) is 187 Å². The van der Waals surface area contributed by atoms with Crippen molar-refractivity contribution in [2.75, 3.05) is 0 Å². The van der Waals surface area contributed by atoms with Gasteiger partial charge in [0.1, 0.15) is 0 Å². The fourth-order valence-electron chi connectivity index (χ4n) is 9.83. The SMILES string of the molecule is c1ccc2c(c1)CCC(c1ccc3c4ccccc4c4ccccc4c3c1)c1ccc(-c3ccc4c(c3)c3cccc5c6ccccc6n4c53)cc1-2. The monoisotopic (exact) mass is 659 g/mol. The fourth-order valence-corrected chi connectivity index (χ4v) is 9.83. The number of para-hydroxylation sites is 2. The molecular formula is C51H33N. The van der Waals surface area contributed by atoms with Gasteiger partial charge in [0.25, 0.3) is 0 Å². The molecule has 9 aromatic carbocycles. The second kappa shape index (κ2) is 10.5. The first kappa shape index (κ1) is 28.3. The first-order valence-corrected chi connectivity index (χ1v) is 18.5. The van der Waals surface area contributed by atoms with E-state index in [1.54, 1.807) is 0 Å². The van der Waals surface area contributed by atoms with Crippen LogP contribution in [0.5, 0.6) is 0 Å². The summed E-state index contributed by atoms with van der Waals surface area (Å²) in [6.07, 6.45) is 2.13. The molecule has 0 saturated heterocycles. The van der Waals surface area contributed by atoms with Gasteiger partial charge in [0.05, 0.1) is 16.6 Å². The molecule has 0 aliphatic heterocycles. The van der Waals surface area contributed by atoms with Crippen LogP contribution in [0.25, 0.3) is 92.7 Å². The summed E-state index contributed by atoms with van der Waals surface area (Å²) in [6, 6.07) is 64.1. The minimum absolute atomic E-state index is 0.294. The molecule has 2 heterocycles. The Morgan fingerprint density at radius 2 is 0.981 bits per heavy atom. The van der Waals surface area contributed by atoms with Crippen molar-refractivity contribution >= 4 is 70.4 Å². The summed E-state index contributed by atoms with van der Waals surface area (Å²) in [5, 5.41) is 13.3. The molecule has 0 radical (unpaired) electrons. The van der Waals surface area contributed by atoms with Crippen molar-refractivity contribution in [3.63, 3.8) is 0 Å². The summed E-state index contributed by atoms with van der Waals surface area (Å²) < 4.78 is 2.46. The van der Waals surface area contributed by atoms with Gasteiger partial charge in [-0.3, -0.25) is 0 Å². The second-order valence-corrected chi connectivity index (χ2v) is 14.7. The van der Waals surface area contributed by atoms with Crippen LogP contribution in [0.2, 0.25) is 0 Å². The molecule has 1 aliphatic carbocycles. The molecule has 1 atom stereocenters. The number of hydrogen-bond acceptors (Lipinski definition) is 0. The lowest BCUT2D eigenvalue weighted by atomic mass is 9.83. The van der Waals surface area contributed by atoms with Gasteiger partial charge in [-0.15, -0.1) is 0 Å². The van der Waals surface area contributed by atoms with Crippen LogP contribution in [0.15, 0.2) is 170 Å². The van der Waals surface area contributed by atoms with Crippen LogP contribution in [0.4, 0.5) is 0 Å². The van der Waals surface area contributed by atoms with Crippen LogP contribution < -0.4 is 0 Å². The third-order valence-electron chi connectivity index (χ3n) is 12.2. The molecule has 0 bridgehead atoms. The Kier molecular flexibility index (Phi) is 5.73. The first-order valence-electron chi connectivity index (χ1n) is 18.5. The fraction of sp³-hybridized carbons (Fsp3) is 0.0588. The van der Waals surface area contributed by atoms with E-state index in [-0.39, 0.29) is 0 Å². The summed E-state index contributed by atoms with van der Waals surface area (Å²) in [5.74, 6) is 0.294. The van der Waals surface area contributed by atoms with Crippen LogP contribution in [0.3, 0.4) is 0 Å². The lowest BCUT2D eigenvalue weighted by Crippen LogP contribution is -2.03. The molecule has 0 N–H and O–H groups in total. The quantitative estimate of drug-likeness (QED) is 0.163. The van der Waals surface area contributed by atoms with Crippen LogP contribution in [-0.4, -0.2) is 4.40 Å². The van der Waals surface area contributed by atoms with Gasteiger partial charge in [0.2, 0.25) is 0 Å². The van der Waals surface area contributed by atoms with E-state index >= 15 is 0 Å². The highest BCUT2D eigenvalue weighted by atomic mass is 14.9. The van der Waals surface area contributed by atoms with Crippen molar-refractivity contribution in [2.24, 2.45) is 0 Å². The van der Waals surface area contributed by atoms with Gasteiger partial charge < -0.3 is 4.40 Å². The maximum atomic E-state index is 2.50.